The number of carbonyl (C=O) groups excluding carboxylic acids is 1. The van der Waals surface area contributed by atoms with Gasteiger partial charge >= 0.3 is 0 Å². The molecule has 0 aliphatic rings. The van der Waals surface area contributed by atoms with Gasteiger partial charge < -0.3 is 11.1 Å². The summed E-state index contributed by atoms with van der Waals surface area (Å²) < 4.78 is 14.3. The number of hydrogen-bond donors (Lipinski definition) is 2. The number of halogens is 1. The number of fused-ring (bicyclic) bond motifs is 1. The van der Waals surface area contributed by atoms with Crippen LogP contribution >= 0.6 is 11.3 Å². The summed E-state index contributed by atoms with van der Waals surface area (Å²) in [5.74, 6) is -0.257. The van der Waals surface area contributed by atoms with Crippen molar-refractivity contribution in [2.75, 3.05) is 12.3 Å². The Morgan fingerprint density at radius 1 is 1.50 bits per heavy atom. The first-order chi connectivity index (χ1) is 8.50. The Labute approximate surface area is 109 Å². The van der Waals surface area contributed by atoms with Crippen molar-refractivity contribution in [2.24, 2.45) is 5.92 Å². The first-order valence-corrected chi connectivity index (χ1v) is 6.57. The quantitative estimate of drug-likeness (QED) is 0.897. The average Bonchev–Trinajstić information content (AvgIpc) is 2.65. The van der Waals surface area contributed by atoms with Gasteiger partial charge in [0.15, 0.2) is 0 Å². The lowest BCUT2D eigenvalue weighted by Crippen LogP contribution is -2.27. The fourth-order valence-electron chi connectivity index (χ4n) is 1.68. The summed E-state index contributed by atoms with van der Waals surface area (Å²) in [5, 5.41) is 3.13. The number of nitrogen functional groups attached to an aromatic ring is 1. The van der Waals surface area contributed by atoms with Gasteiger partial charge in [0.1, 0.15) is 10.7 Å². The number of rotatable bonds is 3. The third kappa shape index (κ3) is 2.31. The van der Waals surface area contributed by atoms with Gasteiger partial charge in [-0.2, -0.15) is 0 Å². The van der Waals surface area contributed by atoms with Crippen LogP contribution < -0.4 is 11.1 Å². The fraction of sp³-hybridized carbons (Fsp3) is 0.308. The van der Waals surface area contributed by atoms with Crippen molar-refractivity contribution in [1.29, 1.82) is 0 Å². The molecule has 2 aromatic rings. The molecule has 96 valence electrons. The summed E-state index contributed by atoms with van der Waals surface area (Å²) in [6.07, 6.45) is 0. The molecule has 1 aromatic heterocycles. The van der Waals surface area contributed by atoms with Crippen molar-refractivity contribution >= 4 is 33.0 Å². The van der Waals surface area contributed by atoms with Gasteiger partial charge in [0.25, 0.3) is 5.91 Å². The zero-order chi connectivity index (χ0) is 13.3. The second-order valence-electron chi connectivity index (χ2n) is 4.56. The number of thiophene rings is 1. The molecule has 0 saturated heterocycles. The summed E-state index contributed by atoms with van der Waals surface area (Å²) in [4.78, 5) is 12.3. The van der Waals surface area contributed by atoms with Gasteiger partial charge in [-0.15, -0.1) is 11.3 Å². The molecular weight excluding hydrogens is 251 g/mol. The van der Waals surface area contributed by atoms with Crippen LogP contribution in [0.1, 0.15) is 23.5 Å². The highest BCUT2D eigenvalue weighted by molar-refractivity contribution is 7.21. The maximum Gasteiger partial charge on any atom is 0.263 e. The van der Waals surface area contributed by atoms with E-state index in [1.54, 1.807) is 12.1 Å². The minimum absolute atomic E-state index is 0.231. The number of hydrogen-bond acceptors (Lipinski definition) is 3. The minimum Gasteiger partial charge on any atom is -0.397 e. The van der Waals surface area contributed by atoms with E-state index >= 15 is 0 Å². The van der Waals surface area contributed by atoms with E-state index in [4.69, 9.17) is 5.73 Å². The monoisotopic (exact) mass is 266 g/mol. The molecule has 1 amide bonds. The average molecular weight is 266 g/mol. The highest BCUT2D eigenvalue weighted by Gasteiger charge is 2.18. The summed E-state index contributed by atoms with van der Waals surface area (Å²) in [7, 11) is 0. The minimum atomic E-state index is -0.385. The largest absolute Gasteiger partial charge is 0.397 e. The Hall–Kier alpha value is -1.62. The predicted molar refractivity (Wildman–Crippen MR) is 73.4 cm³/mol. The van der Waals surface area contributed by atoms with Gasteiger partial charge in [-0.05, 0) is 18.1 Å². The lowest BCUT2D eigenvalue weighted by atomic mass is 10.2. The van der Waals surface area contributed by atoms with Crippen molar-refractivity contribution in [1.82, 2.24) is 5.32 Å². The molecule has 3 N–H and O–H groups in total. The zero-order valence-electron chi connectivity index (χ0n) is 10.3. The van der Waals surface area contributed by atoms with Gasteiger partial charge in [-0.1, -0.05) is 19.9 Å². The molecule has 0 fully saturated rings. The van der Waals surface area contributed by atoms with Crippen LogP contribution in [0.2, 0.25) is 0 Å². The molecule has 0 saturated carbocycles. The smallest absolute Gasteiger partial charge is 0.263 e. The van der Waals surface area contributed by atoms with Gasteiger partial charge in [-0.25, -0.2) is 4.39 Å². The Bertz CT molecular complexity index is 592. The van der Waals surface area contributed by atoms with Crippen LogP contribution in [0.4, 0.5) is 10.1 Å². The third-order valence-electron chi connectivity index (χ3n) is 2.58. The molecule has 0 radical (unpaired) electrons. The van der Waals surface area contributed by atoms with Gasteiger partial charge in [0.05, 0.1) is 11.1 Å². The van der Waals surface area contributed by atoms with E-state index in [1.807, 2.05) is 13.8 Å². The van der Waals surface area contributed by atoms with Crippen LogP contribution in [0.15, 0.2) is 18.2 Å². The van der Waals surface area contributed by atoms with Crippen molar-refractivity contribution in [2.45, 2.75) is 13.8 Å². The van der Waals surface area contributed by atoms with Crippen molar-refractivity contribution in [3.63, 3.8) is 0 Å². The Kier molecular flexibility index (Phi) is 3.52. The van der Waals surface area contributed by atoms with E-state index in [9.17, 15) is 9.18 Å². The topological polar surface area (TPSA) is 55.1 Å². The summed E-state index contributed by atoms with van der Waals surface area (Å²) in [6, 6.07) is 4.73. The second-order valence-corrected chi connectivity index (χ2v) is 5.61. The van der Waals surface area contributed by atoms with Crippen molar-refractivity contribution < 1.29 is 9.18 Å². The summed E-state index contributed by atoms with van der Waals surface area (Å²) >= 11 is 1.22. The molecular formula is C13H15FN2OS. The molecule has 3 nitrogen and oxygen atoms in total. The molecule has 0 spiro atoms. The number of nitrogens with one attached hydrogen (secondary N) is 1. The van der Waals surface area contributed by atoms with Crippen molar-refractivity contribution in [3.8, 4) is 0 Å². The number of carbonyl (C=O) groups is 1. The molecule has 1 heterocycles. The van der Waals surface area contributed by atoms with Crippen LogP contribution in [0.3, 0.4) is 0 Å². The van der Waals surface area contributed by atoms with Crippen molar-refractivity contribution in [3.05, 3.63) is 28.9 Å². The SMILES string of the molecule is CC(C)CNC(=O)c1sc2cccc(F)c2c1N. The van der Waals surface area contributed by atoms with E-state index < -0.39 is 0 Å². The highest BCUT2D eigenvalue weighted by Crippen LogP contribution is 2.35. The first-order valence-electron chi connectivity index (χ1n) is 5.75. The summed E-state index contributed by atoms with van der Waals surface area (Å²) in [6.45, 7) is 4.59. The second kappa shape index (κ2) is 4.94. The van der Waals surface area contributed by atoms with E-state index in [1.165, 1.54) is 17.4 Å². The predicted octanol–water partition coefficient (Wildman–Crippen LogP) is 3.01. The standard InChI is InChI=1S/C13H15FN2OS/c1-7(2)6-16-13(17)12-11(15)10-8(14)4-3-5-9(10)18-12/h3-5,7H,6,15H2,1-2H3,(H,16,17). The lowest BCUT2D eigenvalue weighted by molar-refractivity contribution is 0.0954. The lowest BCUT2D eigenvalue weighted by Gasteiger charge is -2.06. The molecule has 2 rings (SSSR count). The molecule has 18 heavy (non-hydrogen) atoms. The molecule has 0 aliphatic heterocycles. The number of nitrogens with two attached hydrogens (primary N) is 1. The maximum atomic E-state index is 13.6. The number of benzene rings is 1. The molecule has 1 aromatic carbocycles. The molecule has 5 heteroatoms. The van der Waals surface area contributed by atoms with Crippen LogP contribution in [0.25, 0.3) is 10.1 Å². The Morgan fingerprint density at radius 3 is 2.83 bits per heavy atom. The van der Waals surface area contributed by atoms with Crippen LogP contribution in [0, 0.1) is 11.7 Å². The van der Waals surface area contributed by atoms with E-state index in [-0.39, 0.29) is 17.4 Å². The van der Waals surface area contributed by atoms with E-state index in [0.717, 1.165) is 0 Å². The number of anilines is 1. The molecule has 0 bridgehead atoms. The van der Waals surface area contributed by atoms with Crippen LogP contribution in [-0.2, 0) is 0 Å². The van der Waals surface area contributed by atoms with Gasteiger partial charge in [0.2, 0.25) is 0 Å². The highest BCUT2D eigenvalue weighted by atomic mass is 32.1. The Morgan fingerprint density at radius 2 is 2.22 bits per heavy atom. The Balaban J connectivity index is 2.37. The van der Waals surface area contributed by atoms with Gasteiger partial charge in [0, 0.05) is 11.2 Å². The molecule has 0 unspecified atom stereocenters. The van der Waals surface area contributed by atoms with E-state index in [2.05, 4.69) is 5.32 Å². The number of amides is 1. The van der Waals surface area contributed by atoms with Gasteiger partial charge in [-0.3, -0.25) is 4.79 Å². The normalized spacial score (nSPS) is 11.1. The van der Waals surface area contributed by atoms with Crippen LogP contribution in [-0.4, -0.2) is 12.5 Å². The molecule has 0 atom stereocenters. The van der Waals surface area contributed by atoms with Crippen LogP contribution in [0.5, 0.6) is 0 Å². The fourth-order valence-corrected chi connectivity index (χ4v) is 2.73. The first kappa shape index (κ1) is 12.8. The maximum absolute atomic E-state index is 13.6. The zero-order valence-corrected chi connectivity index (χ0v) is 11.1. The summed E-state index contributed by atoms with van der Waals surface area (Å²) in [5.41, 5.74) is 6.09. The van der Waals surface area contributed by atoms with E-state index in [0.29, 0.717) is 27.4 Å². The molecule has 0 aliphatic carbocycles. The third-order valence-corrected chi connectivity index (χ3v) is 3.75.